The van der Waals surface area contributed by atoms with Crippen LogP contribution < -0.4 is 0 Å². The van der Waals surface area contributed by atoms with Gasteiger partial charge in [-0.3, -0.25) is 0 Å². The van der Waals surface area contributed by atoms with E-state index in [9.17, 15) is 4.79 Å². The predicted octanol–water partition coefficient (Wildman–Crippen LogP) is -1.14. The molecule has 60 valence electrons. The van der Waals surface area contributed by atoms with Gasteiger partial charge in [0.2, 0.25) is 0 Å². The minimum atomic E-state index is -2.03. The summed E-state index contributed by atoms with van der Waals surface area (Å²) in [5.41, 5.74) is 0. The summed E-state index contributed by atoms with van der Waals surface area (Å²) in [6, 6.07) is 0. The Morgan fingerprint density at radius 3 is 2.50 bits per heavy atom. The molecule has 0 saturated heterocycles. The number of halogens is 1. The summed E-state index contributed by atoms with van der Waals surface area (Å²) in [4.78, 5) is 9.80. The van der Waals surface area contributed by atoms with Gasteiger partial charge in [-0.2, -0.15) is 0 Å². The summed E-state index contributed by atoms with van der Waals surface area (Å²) in [5, 5.41) is 23.9. The summed E-state index contributed by atoms with van der Waals surface area (Å²) in [6.07, 6.45) is -1.53. The molecule has 0 aliphatic carbocycles. The van der Waals surface area contributed by atoms with Crippen LogP contribution in [-0.2, 0) is 4.79 Å². The maximum atomic E-state index is 9.80. The van der Waals surface area contributed by atoms with Gasteiger partial charge < -0.3 is 20.1 Å². The molecule has 2 atom stereocenters. The van der Waals surface area contributed by atoms with Crippen LogP contribution in [-0.4, -0.2) is 39.4 Å². The van der Waals surface area contributed by atoms with E-state index < -0.39 is 24.2 Å². The van der Waals surface area contributed by atoms with Crippen LogP contribution in [0.15, 0.2) is 0 Å². The molecule has 0 fully saturated rings. The average molecular weight is 169 g/mol. The van der Waals surface area contributed by atoms with Crippen LogP contribution in [0.5, 0.6) is 0 Å². The van der Waals surface area contributed by atoms with Gasteiger partial charge in [0.1, 0.15) is 12.4 Å². The van der Waals surface area contributed by atoms with E-state index in [0.29, 0.717) is 6.29 Å². The lowest BCUT2D eigenvalue weighted by atomic mass is 10.1. The number of carbonyl (C=O) groups is 1. The van der Waals surface area contributed by atoms with Crippen molar-refractivity contribution in [3.05, 3.63) is 0 Å². The molecule has 0 aromatic rings. The Hall–Kier alpha value is -0.160. The highest BCUT2D eigenvalue weighted by atomic mass is 35.5. The summed E-state index contributed by atoms with van der Waals surface area (Å²) < 4.78 is 0. The third-order valence-electron chi connectivity index (χ3n) is 1.05. The second-order valence-electron chi connectivity index (χ2n) is 1.89. The van der Waals surface area contributed by atoms with Crippen LogP contribution >= 0.6 is 11.6 Å². The Labute approximate surface area is 63.0 Å². The van der Waals surface area contributed by atoms with Crippen molar-refractivity contribution in [1.29, 1.82) is 0 Å². The Bertz CT molecular complexity index is 114. The first-order valence-corrected chi connectivity index (χ1v) is 3.06. The van der Waals surface area contributed by atoms with Crippen molar-refractivity contribution in [2.75, 3.05) is 6.61 Å². The van der Waals surface area contributed by atoms with Crippen molar-refractivity contribution >= 4 is 17.9 Å². The van der Waals surface area contributed by atoms with E-state index in [1.54, 1.807) is 0 Å². The first kappa shape index (κ1) is 9.84. The van der Waals surface area contributed by atoms with Crippen LogP contribution in [0.3, 0.4) is 0 Å². The first-order chi connectivity index (χ1) is 4.54. The van der Waals surface area contributed by atoms with Crippen LogP contribution in [0.2, 0.25) is 0 Å². The van der Waals surface area contributed by atoms with Gasteiger partial charge in [-0.15, -0.1) is 0 Å². The maximum Gasteiger partial charge on any atom is 0.173 e. The lowest BCUT2D eigenvalue weighted by Gasteiger charge is -2.22. The second-order valence-corrected chi connectivity index (χ2v) is 2.54. The van der Waals surface area contributed by atoms with Gasteiger partial charge in [-0.05, 0) is 0 Å². The fraction of sp³-hybridized carbons (Fsp3) is 0.800. The molecule has 0 radical (unpaired) electrons. The van der Waals surface area contributed by atoms with E-state index in [4.69, 9.17) is 26.9 Å². The Balaban J connectivity index is 3.94. The van der Waals surface area contributed by atoms with E-state index in [0.717, 1.165) is 0 Å². The number of aliphatic hydroxyl groups is 3. The number of hydrogen-bond acceptors (Lipinski definition) is 4. The summed E-state index contributed by atoms with van der Waals surface area (Å²) in [6.45, 7) is -0.673. The lowest BCUT2D eigenvalue weighted by Crippen LogP contribution is -2.39. The van der Waals surface area contributed by atoms with Crippen LogP contribution in [0, 0.1) is 0 Å². The van der Waals surface area contributed by atoms with Crippen molar-refractivity contribution in [2.24, 2.45) is 0 Å². The average Bonchev–Trinajstić information content (AvgIpc) is 1.86. The molecule has 3 N–H and O–H groups in total. The normalized spacial score (nSPS) is 19.6. The molecule has 0 heterocycles. The number of carbonyl (C=O) groups excluding carboxylic acids is 1. The Morgan fingerprint density at radius 1 is 1.70 bits per heavy atom. The zero-order valence-electron chi connectivity index (χ0n) is 5.20. The number of aldehydes is 1. The van der Waals surface area contributed by atoms with Gasteiger partial charge in [-0.25, -0.2) is 0 Å². The van der Waals surface area contributed by atoms with E-state index in [-0.39, 0.29) is 0 Å². The minimum absolute atomic E-state index is 0.367. The smallest absolute Gasteiger partial charge is 0.173 e. The van der Waals surface area contributed by atoms with Crippen LogP contribution in [0.1, 0.15) is 6.42 Å². The molecule has 5 heteroatoms. The molecule has 10 heavy (non-hydrogen) atoms. The molecular formula is C5H9ClO4. The highest BCUT2D eigenvalue weighted by molar-refractivity contribution is 6.23. The van der Waals surface area contributed by atoms with E-state index in [2.05, 4.69) is 0 Å². The summed E-state index contributed by atoms with van der Waals surface area (Å²) in [7, 11) is 0. The molecule has 0 aliphatic rings. The zero-order valence-corrected chi connectivity index (χ0v) is 5.95. The van der Waals surface area contributed by atoms with Crippen molar-refractivity contribution in [1.82, 2.24) is 0 Å². The highest BCUT2D eigenvalue weighted by Gasteiger charge is 2.31. The molecular weight excluding hydrogens is 160 g/mol. The van der Waals surface area contributed by atoms with Gasteiger partial charge in [0.05, 0.1) is 6.61 Å². The minimum Gasteiger partial charge on any atom is -0.394 e. The lowest BCUT2D eigenvalue weighted by molar-refractivity contribution is -0.114. The quantitative estimate of drug-likeness (QED) is 0.366. The van der Waals surface area contributed by atoms with Gasteiger partial charge in [-0.1, -0.05) is 11.6 Å². The number of hydrogen-bond donors (Lipinski definition) is 3. The Morgan fingerprint density at radius 2 is 2.20 bits per heavy atom. The summed E-state index contributed by atoms with van der Waals surface area (Å²) >= 11 is 5.20. The van der Waals surface area contributed by atoms with Gasteiger partial charge in [0, 0.05) is 6.42 Å². The molecule has 0 amide bonds. The molecule has 0 spiro atoms. The van der Waals surface area contributed by atoms with Crippen LogP contribution in [0.4, 0.5) is 0 Å². The van der Waals surface area contributed by atoms with Gasteiger partial charge in [0.15, 0.2) is 5.06 Å². The van der Waals surface area contributed by atoms with E-state index >= 15 is 0 Å². The van der Waals surface area contributed by atoms with E-state index in [1.807, 2.05) is 0 Å². The predicted molar refractivity (Wildman–Crippen MR) is 34.6 cm³/mol. The number of rotatable bonds is 4. The molecule has 0 bridgehead atoms. The molecule has 0 aromatic carbocycles. The van der Waals surface area contributed by atoms with Crippen molar-refractivity contribution in [3.63, 3.8) is 0 Å². The van der Waals surface area contributed by atoms with Crippen molar-refractivity contribution in [2.45, 2.75) is 17.6 Å². The standard InChI is InChI=1S/C5H9ClO4/c6-5(10,1-2-7)4(9)3-8/h2,4,8-10H,1,3H2/t4-,5+/m1/s1. The molecule has 0 unspecified atom stereocenters. The molecule has 0 aromatic heterocycles. The second kappa shape index (κ2) is 3.88. The Kier molecular flexibility index (Phi) is 3.81. The van der Waals surface area contributed by atoms with Crippen molar-refractivity contribution < 1.29 is 20.1 Å². The third-order valence-corrected chi connectivity index (χ3v) is 1.46. The fourth-order valence-electron chi connectivity index (χ4n) is 0.393. The van der Waals surface area contributed by atoms with Gasteiger partial charge >= 0.3 is 0 Å². The van der Waals surface area contributed by atoms with E-state index in [1.165, 1.54) is 0 Å². The monoisotopic (exact) mass is 168 g/mol. The highest BCUT2D eigenvalue weighted by Crippen LogP contribution is 2.18. The zero-order chi connectivity index (χ0) is 8.20. The largest absolute Gasteiger partial charge is 0.394 e. The number of alkyl halides is 1. The van der Waals surface area contributed by atoms with Crippen LogP contribution in [0.25, 0.3) is 0 Å². The van der Waals surface area contributed by atoms with Gasteiger partial charge in [0.25, 0.3) is 0 Å². The first-order valence-electron chi connectivity index (χ1n) is 2.68. The topological polar surface area (TPSA) is 77.8 Å². The summed E-state index contributed by atoms with van der Waals surface area (Å²) in [5.74, 6) is 0. The third kappa shape index (κ3) is 2.62. The SMILES string of the molecule is O=CC[C@@](O)(Cl)[C@H](O)CO. The number of aliphatic hydroxyl groups excluding tert-OH is 2. The molecule has 0 saturated carbocycles. The maximum absolute atomic E-state index is 9.80. The molecule has 0 rings (SSSR count). The fourth-order valence-corrected chi connectivity index (χ4v) is 0.525. The van der Waals surface area contributed by atoms with Crippen molar-refractivity contribution in [3.8, 4) is 0 Å². The molecule has 4 nitrogen and oxygen atoms in total. The molecule has 0 aliphatic heterocycles.